The number of aliphatic imine (C=N–C) groups is 1. The number of aryl methyl sites for hydroxylation is 2. The monoisotopic (exact) mass is 500 g/mol. The molecular weight excluding hydrogens is 464 g/mol. The van der Waals surface area contributed by atoms with Crippen LogP contribution < -0.4 is 15.8 Å². The fourth-order valence-corrected chi connectivity index (χ4v) is 6.55. The quantitative estimate of drug-likeness (QED) is 0.546. The Morgan fingerprint density at radius 2 is 1.89 bits per heavy atom. The number of nitrogens with zero attached hydrogens (tertiary/aromatic N) is 2. The van der Waals surface area contributed by atoms with Crippen LogP contribution in [0.15, 0.2) is 41.4 Å². The normalized spacial score (nSPS) is 26.9. The first-order chi connectivity index (χ1) is 17.8. The van der Waals surface area contributed by atoms with E-state index in [4.69, 9.17) is 15.5 Å². The highest BCUT2D eigenvalue weighted by Gasteiger charge is 2.37. The molecule has 0 saturated carbocycles. The van der Waals surface area contributed by atoms with E-state index in [0.717, 1.165) is 61.8 Å². The molecule has 4 heterocycles. The predicted octanol–water partition coefficient (Wildman–Crippen LogP) is 4.74. The summed E-state index contributed by atoms with van der Waals surface area (Å²) in [5.41, 5.74) is 11.1. The maximum atomic E-state index is 13.6. The van der Waals surface area contributed by atoms with Crippen molar-refractivity contribution in [3.8, 4) is 5.75 Å². The summed E-state index contributed by atoms with van der Waals surface area (Å²) in [7, 11) is 0. The summed E-state index contributed by atoms with van der Waals surface area (Å²) in [4.78, 5) is 33.4. The molecule has 5 aliphatic rings. The van der Waals surface area contributed by atoms with E-state index in [1.165, 1.54) is 11.1 Å². The number of nitrogens with two attached hydrogens (primary N) is 1. The number of benzene rings is 2. The molecule has 2 unspecified atom stereocenters. The van der Waals surface area contributed by atoms with E-state index in [1.54, 1.807) is 4.90 Å². The van der Waals surface area contributed by atoms with Gasteiger partial charge in [0.2, 0.25) is 5.91 Å². The second-order valence-electron chi connectivity index (χ2n) is 11.6. The minimum absolute atomic E-state index is 0.0380. The van der Waals surface area contributed by atoms with Crippen LogP contribution in [0.1, 0.15) is 103 Å². The van der Waals surface area contributed by atoms with Crippen molar-refractivity contribution < 1.29 is 14.3 Å². The lowest BCUT2D eigenvalue weighted by Gasteiger charge is -2.39. The molecule has 1 aliphatic carbocycles. The minimum atomic E-state index is -0.381. The summed E-state index contributed by atoms with van der Waals surface area (Å²) in [6, 6.07) is 11.9. The second kappa shape index (κ2) is 9.19. The Morgan fingerprint density at radius 3 is 2.73 bits per heavy atom. The zero-order valence-electron chi connectivity index (χ0n) is 21.8. The van der Waals surface area contributed by atoms with E-state index in [9.17, 15) is 9.59 Å². The van der Waals surface area contributed by atoms with Crippen LogP contribution in [0.5, 0.6) is 5.75 Å². The fourth-order valence-electron chi connectivity index (χ4n) is 6.55. The molecule has 2 aromatic carbocycles. The molecule has 7 heteroatoms. The molecule has 3 N–H and O–H groups in total. The van der Waals surface area contributed by atoms with Crippen molar-refractivity contribution in [2.24, 2.45) is 10.7 Å². The first-order valence-electron chi connectivity index (χ1n) is 13.7. The van der Waals surface area contributed by atoms with Gasteiger partial charge in [-0.1, -0.05) is 24.6 Å². The average molecular weight is 501 g/mol. The number of amides is 2. The Balaban J connectivity index is 1.41. The van der Waals surface area contributed by atoms with Gasteiger partial charge in [0.05, 0.1) is 18.1 Å². The lowest BCUT2D eigenvalue weighted by Crippen LogP contribution is -2.49. The summed E-state index contributed by atoms with van der Waals surface area (Å²) in [5.74, 6) is 1.09. The molecule has 37 heavy (non-hydrogen) atoms. The van der Waals surface area contributed by atoms with Crippen molar-refractivity contribution in [3.05, 3.63) is 64.2 Å². The average Bonchev–Trinajstić information content (AvgIpc) is 2.85. The third-order valence-corrected chi connectivity index (χ3v) is 8.33. The number of hydrogen-bond acceptors (Lipinski definition) is 5. The molecule has 7 rings (SSSR count). The van der Waals surface area contributed by atoms with Gasteiger partial charge in [-0.05, 0) is 87.3 Å². The largest absolute Gasteiger partial charge is 0.487 e. The third-order valence-electron chi connectivity index (χ3n) is 8.33. The van der Waals surface area contributed by atoms with Gasteiger partial charge < -0.3 is 15.8 Å². The molecule has 2 aromatic rings. The summed E-state index contributed by atoms with van der Waals surface area (Å²) in [6.07, 6.45) is 7.56. The molecule has 0 spiro atoms. The molecule has 0 aromatic heterocycles. The molecule has 7 nitrogen and oxygen atoms in total. The van der Waals surface area contributed by atoms with Gasteiger partial charge in [0.25, 0.3) is 5.91 Å². The van der Waals surface area contributed by atoms with E-state index < -0.39 is 0 Å². The van der Waals surface area contributed by atoms with Gasteiger partial charge in [-0.2, -0.15) is 0 Å². The van der Waals surface area contributed by atoms with Crippen molar-refractivity contribution >= 4 is 17.8 Å². The molecule has 0 radical (unpaired) electrons. The fraction of sp³-hybridized carbons (Fsp3) is 0.500. The standard InChI is InChI=1S/C30H36N4O3/c1-30(2)17-24-23-14-18(10-13-26(23)37-30)6-3-4-8-21-16-27(35)34(29(31)32-21)25-9-5-7-19-11-12-20(15-22(19)25)28(36)33-24/h10-15,21,24-25H,3-9,16-17H2,1-2H3,(H2,31,32)(H,33,36)/t21?,24?,25-/m1/s1. The number of guanidine groups is 1. The summed E-state index contributed by atoms with van der Waals surface area (Å²) in [6.45, 7) is 4.13. The topological polar surface area (TPSA) is 97.0 Å². The van der Waals surface area contributed by atoms with E-state index in [0.29, 0.717) is 24.4 Å². The molecule has 0 fully saturated rings. The molecular formula is C30H36N4O3. The number of nitrogens with one attached hydrogen (secondary N) is 1. The smallest absolute Gasteiger partial charge is 0.251 e. The van der Waals surface area contributed by atoms with Gasteiger partial charge in [-0.25, -0.2) is 4.99 Å². The van der Waals surface area contributed by atoms with Gasteiger partial charge in [-0.3, -0.25) is 14.5 Å². The van der Waals surface area contributed by atoms with Crippen molar-refractivity contribution in [2.45, 2.75) is 95.4 Å². The number of fused-ring (bicyclic) bond motifs is 5. The molecule has 3 atom stereocenters. The lowest BCUT2D eigenvalue weighted by atomic mass is 9.84. The summed E-state index contributed by atoms with van der Waals surface area (Å²) < 4.78 is 6.28. The minimum Gasteiger partial charge on any atom is -0.487 e. The number of rotatable bonds is 0. The number of carbonyl (C=O) groups excluding carboxylic acids is 2. The summed E-state index contributed by atoms with van der Waals surface area (Å²) >= 11 is 0. The highest BCUT2D eigenvalue weighted by Crippen LogP contribution is 2.41. The molecule has 0 saturated heterocycles. The van der Waals surface area contributed by atoms with Crippen LogP contribution in [-0.2, 0) is 17.6 Å². The predicted molar refractivity (Wildman–Crippen MR) is 143 cm³/mol. The highest BCUT2D eigenvalue weighted by atomic mass is 16.5. The maximum Gasteiger partial charge on any atom is 0.251 e. The molecule has 6 bridgehead atoms. The van der Waals surface area contributed by atoms with E-state index in [1.807, 2.05) is 24.3 Å². The van der Waals surface area contributed by atoms with Crippen LogP contribution in [0, 0.1) is 0 Å². The van der Waals surface area contributed by atoms with Crippen molar-refractivity contribution in [1.82, 2.24) is 10.2 Å². The van der Waals surface area contributed by atoms with E-state index in [-0.39, 0.29) is 35.5 Å². The van der Waals surface area contributed by atoms with Crippen molar-refractivity contribution in [2.75, 3.05) is 0 Å². The Kier molecular flexibility index (Phi) is 5.97. The Morgan fingerprint density at radius 1 is 1.03 bits per heavy atom. The zero-order chi connectivity index (χ0) is 25.7. The van der Waals surface area contributed by atoms with Crippen LogP contribution in [0.4, 0.5) is 0 Å². The number of ether oxygens (including phenoxy) is 1. The van der Waals surface area contributed by atoms with Crippen LogP contribution in [-0.4, -0.2) is 34.3 Å². The van der Waals surface area contributed by atoms with Crippen LogP contribution in [0.2, 0.25) is 0 Å². The first kappa shape index (κ1) is 24.0. The SMILES string of the molecule is CC1(C)CC2NC(=O)c3ccc4c(c3)[C@@H](CCC4)N3C(=O)CC(CCCCc4ccc(c2c4)O1)N=C3N. The highest BCUT2D eigenvalue weighted by molar-refractivity contribution is 5.99. The van der Waals surface area contributed by atoms with Crippen LogP contribution >= 0.6 is 0 Å². The van der Waals surface area contributed by atoms with Crippen molar-refractivity contribution in [1.29, 1.82) is 0 Å². The number of carbonyl (C=O) groups is 2. The maximum absolute atomic E-state index is 13.6. The lowest BCUT2D eigenvalue weighted by molar-refractivity contribution is -0.130. The van der Waals surface area contributed by atoms with Gasteiger partial charge in [0.1, 0.15) is 11.4 Å². The second-order valence-corrected chi connectivity index (χ2v) is 11.6. The molecule has 4 aliphatic heterocycles. The zero-order valence-corrected chi connectivity index (χ0v) is 21.8. The summed E-state index contributed by atoms with van der Waals surface area (Å²) in [5, 5.41) is 3.31. The van der Waals surface area contributed by atoms with E-state index >= 15 is 0 Å². The molecule has 194 valence electrons. The third kappa shape index (κ3) is 4.60. The Bertz CT molecular complexity index is 1280. The van der Waals surface area contributed by atoms with Crippen LogP contribution in [0.3, 0.4) is 0 Å². The van der Waals surface area contributed by atoms with Gasteiger partial charge >= 0.3 is 0 Å². The first-order valence-corrected chi connectivity index (χ1v) is 13.7. The van der Waals surface area contributed by atoms with Gasteiger partial charge in [0, 0.05) is 24.0 Å². The van der Waals surface area contributed by atoms with Gasteiger partial charge in [0.15, 0.2) is 5.96 Å². The number of hydrogen-bond donors (Lipinski definition) is 2. The molecule has 2 amide bonds. The van der Waals surface area contributed by atoms with Gasteiger partial charge in [-0.15, -0.1) is 0 Å². The Labute approximate surface area is 218 Å². The van der Waals surface area contributed by atoms with Crippen molar-refractivity contribution in [3.63, 3.8) is 0 Å². The van der Waals surface area contributed by atoms with E-state index in [2.05, 4.69) is 31.3 Å². The Hall–Kier alpha value is -3.35. The van der Waals surface area contributed by atoms with Crippen LogP contribution in [0.25, 0.3) is 0 Å².